The Bertz CT molecular complexity index is 482. The van der Waals surface area contributed by atoms with Crippen LogP contribution in [0, 0.1) is 5.41 Å². The molecule has 0 unspecified atom stereocenters. The van der Waals surface area contributed by atoms with Crippen molar-refractivity contribution in [3.05, 3.63) is 12.2 Å². The van der Waals surface area contributed by atoms with Crippen LogP contribution in [0.25, 0.3) is 0 Å². The summed E-state index contributed by atoms with van der Waals surface area (Å²) >= 11 is 0. The van der Waals surface area contributed by atoms with Crippen molar-refractivity contribution in [2.24, 2.45) is 22.9 Å². The Balaban J connectivity index is 3.57. The third-order valence-corrected chi connectivity index (χ3v) is 6.32. The summed E-state index contributed by atoms with van der Waals surface area (Å²) in [5.74, 6) is 0. The second kappa shape index (κ2) is 28.7. The monoisotopic (exact) mass is 512 g/mol. The first kappa shape index (κ1) is 35.1. The van der Waals surface area contributed by atoms with Gasteiger partial charge in [0, 0.05) is 71.2 Å². The first-order valence-corrected chi connectivity index (χ1v) is 14.6. The first-order valence-electron chi connectivity index (χ1n) is 14.6. The second-order valence-electron chi connectivity index (χ2n) is 9.61. The van der Waals surface area contributed by atoms with Gasteiger partial charge in [0.1, 0.15) is 0 Å². The van der Waals surface area contributed by atoms with E-state index in [0.717, 1.165) is 123 Å². The lowest BCUT2D eigenvalue weighted by Crippen LogP contribution is -2.35. The fraction of sp³-hybridized carbons (Fsp3) is 0.889. The molecule has 0 aromatic heterocycles. The van der Waals surface area contributed by atoms with E-state index in [2.05, 4.69) is 32.6 Å². The van der Waals surface area contributed by atoms with Gasteiger partial charge in [-0.1, -0.05) is 31.4 Å². The van der Waals surface area contributed by atoms with Gasteiger partial charge in [0.2, 0.25) is 0 Å². The standard InChI is InChI=1S/C27H61N9/c28-13-6-2-1-4-8-21-35(24-14-29)22-9-5-3-7-17-33-19-20-34-18-10-11-27(32)12-23-36(25-15-30)26-16-31/h3,5,32-34H,1-2,4,6-26,28-31H2/b5-3+,32-27?. The fourth-order valence-corrected chi connectivity index (χ4v) is 4.18. The van der Waals surface area contributed by atoms with Crippen LogP contribution in [-0.2, 0) is 0 Å². The molecule has 0 radical (unpaired) electrons. The molecule has 0 aromatic carbocycles. The molecular weight excluding hydrogens is 450 g/mol. The fourth-order valence-electron chi connectivity index (χ4n) is 4.18. The van der Waals surface area contributed by atoms with Crippen molar-refractivity contribution >= 4 is 5.71 Å². The van der Waals surface area contributed by atoms with Gasteiger partial charge in [0.15, 0.2) is 0 Å². The Morgan fingerprint density at radius 1 is 0.528 bits per heavy atom. The maximum atomic E-state index is 8.14. The van der Waals surface area contributed by atoms with Gasteiger partial charge in [-0.15, -0.1) is 0 Å². The minimum absolute atomic E-state index is 0.645. The summed E-state index contributed by atoms with van der Waals surface area (Å²) in [4.78, 5) is 4.75. The second-order valence-corrected chi connectivity index (χ2v) is 9.61. The van der Waals surface area contributed by atoms with Gasteiger partial charge in [0.05, 0.1) is 0 Å². The van der Waals surface area contributed by atoms with Crippen LogP contribution in [0.15, 0.2) is 12.2 Å². The van der Waals surface area contributed by atoms with E-state index in [0.29, 0.717) is 13.1 Å². The molecule has 0 bridgehead atoms. The number of rotatable bonds is 29. The normalized spacial score (nSPS) is 11.9. The van der Waals surface area contributed by atoms with Crippen molar-refractivity contribution in [1.29, 1.82) is 5.41 Å². The van der Waals surface area contributed by atoms with Crippen molar-refractivity contribution in [3.8, 4) is 0 Å². The summed E-state index contributed by atoms with van der Waals surface area (Å²) in [5, 5.41) is 15.1. The molecule has 0 aliphatic carbocycles. The molecule has 9 heteroatoms. The van der Waals surface area contributed by atoms with Crippen LogP contribution in [0.2, 0.25) is 0 Å². The highest BCUT2D eigenvalue weighted by Gasteiger charge is 2.05. The SMILES string of the molecule is N=C(CCCNCCNCC/C=C/CCN(CCN)CCCCCCCN)CCN(CCN)CCN. The van der Waals surface area contributed by atoms with Gasteiger partial charge >= 0.3 is 0 Å². The van der Waals surface area contributed by atoms with Crippen LogP contribution < -0.4 is 33.6 Å². The van der Waals surface area contributed by atoms with Gasteiger partial charge in [0.25, 0.3) is 0 Å². The number of hydrogen-bond acceptors (Lipinski definition) is 9. The minimum atomic E-state index is 0.645. The maximum absolute atomic E-state index is 8.14. The highest BCUT2D eigenvalue weighted by Crippen LogP contribution is 2.04. The molecule has 36 heavy (non-hydrogen) atoms. The number of nitrogens with zero attached hydrogens (tertiary/aromatic N) is 2. The molecule has 0 atom stereocenters. The molecule has 0 saturated heterocycles. The van der Waals surface area contributed by atoms with Gasteiger partial charge < -0.3 is 48.8 Å². The van der Waals surface area contributed by atoms with E-state index in [1.807, 2.05) is 0 Å². The highest BCUT2D eigenvalue weighted by molar-refractivity contribution is 5.81. The van der Waals surface area contributed by atoms with Crippen LogP contribution >= 0.6 is 0 Å². The van der Waals surface area contributed by atoms with Crippen LogP contribution in [0.1, 0.15) is 64.2 Å². The van der Waals surface area contributed by atoms with Crippen LogP contribution in [0.5, 0.6) is 0 Å². The summed E-state index contributed by atoms with van der Waals surface area (Å²) in [6.45, 7) is 12.6. The van der Waals surface area contributed by atoms with E-state index in [4.69, 9.17) is 28.3 Å². The van der Waals surface area contributed by atoms with Gasteiger partial charge in [-0.2, -0.15) is 0 Å². The van der Waals surface area contributed by atoms with Crippen molar-refractivity contribution in [3.63, 3.8) is 0 Å². The zero-order valence-electron chi connectivity index (χ0n) is 23.3. The summed E-state index contributed by atoms with van der Waals surface area (Å²) < 4.78 is 0. The number of hydrogen-bond donors (Lipinski definition) is 7. The van der Waals surface area contributed by atoms with Crippen molar-refractivity contribution in [1.82, 2.24) is 20.4 Å². The van der Waals surface area contributed by atoms with Crippen LogP contribution in [0.4, 0.5) is 0 Å². The summed E-state index contributed by atoms with van der Waals surface area (Å²) in [6, 6.07) is 0. The number of nitrogens with two attached hydrogens (primary N) is 4. The Hall–Kier alpha value is -0.910. The van der Waals surface area contributed by atoms with Gasteiger partial charge in [-0.25, -0.2) is 0 Å². The summed E-state index contributed by atoms with van der Waals surface area (Å²) in [5.41, 5.74) is 23.4. The highest BCUT2D eigenvalue weighted by atomic mass is 15.1. The molecule has 0 fully saturated rings. The van der Waals surface area contributed by atoms with Gasteiger partial charge in [-0.05, 0) is 71.1 Å². The molecule has 0 heterocycles. The van der Waals surface area contributed by atoms with Crippen molar-refractivity contribution in [2.75, 3.05) is 91.6 Å². The van der Waals surface area contributed by atoms with Crippen molar-refractivity contribution < 1.29 is 0 Å². The number of nitrogens with one attached hydrogen (secondary N) is 3. The summed E-state index contributed by atoms with van der Waals surface area (Å²) in [7, 11) is 0. The molecule has 0 aliphatic heterocycles. The molecule has 11 N–H and O–H groups in total. The van der Waals surface area contributed by atoms with Gasteiger partial charge in [-0.3, -0.25) is 0 Å². The van der Waals surface area contributed by atoms with E-state index in [-0.39, 0.29) is 0 Å². The van der Waals surface area contributed by atoms with E-state index in [1.165, 1.54) is 25.7 Å². The lowest BCUT2D eigenvalue weighted by molar-refractivity contribution is 0.279. The lowest BCUT2D eigenvalue weighted by atomic mass is 10.1. The Morgan fingerprint density at radius 3 is 1.78 bits per heavy atom. The zero-order chi connectivity index (χ0) is 26.5. The van der Waals surface area contributed by atoms with E-state index in [1.54, 1.807) is 0 Å². The van der Waals surface area contributed by atoms with E-state index in [9.17, 15) is 0 Å². The quantitative estimate of drug-likeness (QED) is 0.0446. The molecule has 214 valence electrons. The van der Waals surface area contributed by atoms with E-state index >= 15 is 0 Å². The Morgan fingerprint density at radius 2 is 1.11 bits per heavy atom. The average molecular weight is 512 g/mol. The molecule has 0 aromatic rings. The zero-order valence-corrected chi connectivity index (χ0v) is 23.3. The molecule has 0 amide bonds. The predicted octanol–water partition coefficient (Wildman–Crippen LogP) is 1.08. The largest absolute Gasteiger partial charge is 0.330 e. The lowest BCUT2D eigenvalue weighted by Gasteiger charge is -2.20. The predicted molar refractivity (Wildman–Crippen MR) is 158 cm³/mol. The smallest absolute Gasteiger partial charge is 0.0105 e. The molecular formula is C27H61N9. The molecule has 0 saturated carbocycles. The topological polar surface area (TPSA) is 158 Å². The van der Waals surface area contributed by atoms with Crippen LogP contribution in [0.3, 0.4) is 0 Å². The van der Waals surface area contributed by atoms with E-state index < -0.39 is 0 Å². The molecule has 0 aliphatic rings. The maximum Gasteiger partial charge on any atom is 0.0105 e. The summed E-state index contributed by atoms with van der Waals surface area (Å²) in [6.07, 6.45) is 15.7. The third-order valence-electron chi connectivity index (χ3n) is 6.32. The average Bonchev–Trinajstić information content (AvgIpc) is 2.87. The van der Waals surface area contributed by atoms with Crippen LogP contribution in [-0.4, -0.2) is 107 Å². The third kappa shape index (κ3) is 24.8. The molecule has 9 nitrogen and oxygen atoms in total. The molecule has 0 spiro atoms. The number of unbranched alkanes of at least 4 members (excludes halogenated alkanes) is 4. The Kier molecular flexibility index (Phi) is 27.9. The minimum Gasteiger partial charge on any atom is -0.330 e. The first-order chi connectivity index (χ1) is 17.7. The molecule has 0 rings (SSSR count). The Labute approximate surface area is 222 Å². The van der Waals surface area contributed by atoms with Crippen molar-refractivity contribution in [2.45, 2.75) is 64.2 Å².